The van der Waals surface area contributed by atoms with Crippen molar-refractivity contribution < 1.29 is 22.9 Å². The van der Waals surface area contributed by atoms with E-state index in [2.05, 4.69) is 59.2 Å². The smallest absolute Gasteiger partial charge is 0.300 e. The average Bonchev–Trinajstić information content (AvgIpc) is 3.66. The number of aromatic amines is 1. The van der Waals surface area contributed by atoms with Crippen molar-refractivity contribution >= 4 is 55.1 Å². The Kier molecular flexibility index (Phi) is 10.0. The number of carbonyl (C=O) groups is 1. The zero-order valence-corrected chi connectivity index (χ0v) is 37.6. The molecule has 3 aromatic carbocycles. The third-order valence-corrected chi connectivity index (χ3v) is 16.1. The maximum atomic E-state index is 14.3. The molecular formula is C50H50N10O6S. The third-order valence-electron chi connectivity index (χ3n) is 14.9. The highest BCUT2D eigenvalue weighted by Crippen LogP contribution is 2.55. The largest absolute Gasteiger partial charge is 0.474 e. The first-order valence-electron chi connectivity index (χ1n) is 23.3. The number of benzene rings is 3. The Labute approximate surface area is 386 Å². The van der Waals surface area contributed by atoms with Crippen molar-refractivity contribution in [1.29, 1.82) is 0 Å². The molecule has 7 aromatic rings. The number of ether oxygens (including phenoxy) is 1. The third kappa shape index (κ3) is 7.63. The van der Waals surface area contributed by atoms with Gasteiger partial charge in [0, 0.05) is 48.6 Å². The van der Waals surface area contributed by atoms with E-state index in [4.69, 9.17) is 9.72 Å². The first-order chi connectivity index (χ1) is 32.6. The Bertz CT molecular complexity index is 3190. The number of fused-ring (bicyclic) bond motifs is 3. The summed E-state index contributed by atoms with van der Waals surface area (Å²) in [7, 11) is -4.76. The van der Waals surface area contributed by atoms with E-state index in [0.29, 0.717) is 46.3 Å². The number of sulfonamides is 1. The monoisotopic (exact) mass is 918 g/mol. The zero-order valence-electron chi connectivity index (χ0n) is 36.8. The fourth-order valence-corrected chi connectivity index (χ4v) is 12.3. The van der Waals surface area contributed by atoms with E-state index < -0.39 is 31.6 Å². The maximum absolute atomic E-state index is 14.3. The van der Waals surface area contributed by atoms with Gasteiger partial charge in [0.25, 0.3) is 15.9 Å². The Morgan fingerprint density at radius 3 is 2.51 bits per heavy atom. The first kappa shape index (κ1) is 41.6. The molecule has 3 N–H and O–H groups in total. The van der Waals surface area contributed by atoms with Crippen molar-refractivity contribution in [3.05, 3.63) is 136 Å². The van der Waals surface area contributed by atoms with Crippen LogP contribution in [-0.4, -0.2) is 87.2 Å². The highest BCUT2D eigenvalue weighted by molar-refractivity contribution is 7.90. The van der Waals surface area contributed by atoms with E-state index in [9.17, 15) is 23.3 Å². The second-order valence-electron chi connectivity index (χ2n) is 19.1. The van der Waals surface area contributed by atoms with Crippen LogP contribution in [0.1, 0.15) is 90.4 Å². The molecular weight excluding hydrogens is 869 g/mol. The number of nitrogens with one attached hydrogen (secondary N) is 3. The van der Waals surface area contributed by atoms with Crippen LogP contribution in [0.4, 0.5) is 17.1 Å². The minimum atomic E-state index is -4.76. The number of piperidine rings is 1. The van der Waals surface area contributed by atoms with Crippen LogP contribution in [0.15, 0.2) is 108 Å². The summed E-state index contributed by atoms with van der Waals surface area (Å²) in [4.78, 5) is 44.4. The van der Waals surface area contributed by atoms with E-state index in [1.807, 2.05) is 54.6 Å². The summed E-state index contributed by atoms with van der Waals surface area (Å²) in [5.74, 6) is -0.437. The lowest BCUT2D eigenvalue weighted by Crippen LogP contribution is -2.55. The van der Waals surface area contributed by atoms with Gasteiger partial charge in [0.15, 0.2) is 16.4 Å². The minimum Gasteiger partial charge on any atom is -0.474 e. The predicted molar refractivity (Wildman–Crippen MR) is 253 cm³/mol. The van der Waals surface area contributed by atoms with Gasteiger partial charge >= 0.3 is 5.69 Å². The number of nitro groups is 1. The molecule has 2 saturated heterocycles. The fourth-order valence-electron chi connectivity index (χ4n) is 11.3. The summed E-state index contributed by atoms with van der Waals surface area (Å²) < 4.78 is 37.8. The van der Waals surface area contributed by atoms with E-state index in [1.54, 1.807) is 34.3 Å². The molecule has 1 spiro atoms. The number of carbonyl (C=O) groups excluding carboxylic acids is 1. The molecule has 342 valence electrons. The molecule has 1 amide bonds. The molecule has 5 aliphatic rings. The summed E-state index contributed by atoms with van der Waals surface area (Å²) in [6, 6.07) is 29.6. The lowest BCUT2D eigenvalue weighted by atomic mass is 9.59. The lowest BCUT2D eigenvalue weighted by molar-refractivity contribution is -0.384. The molecule has 7 heterocycles. The number of amides is 1. The normalized spacial score (nSPS) is 20.6. The Morgan fingerprint density at radius 2 is 1.72 bits per heavy atom. The number of anilines is 2. The maximum Gasteiger partial charge on any atom is 0.300 e. The van der Waals surface area contributed by atoms with Crippen LogP contribution in [0, 0.1) is 15.5 Å². The van der Waals surface area contributed by atoms with E-state index >= 15 is 0 Å². The van der Waals surface area contributed by atoms with Crippen LogP contribution in [0.25, 0.3) is 27.8 Å². The van der Waals surface area contributed by atoms with Gasteiger partial charge in [-0.1, -0.05) is 54.6 Å². The zero-order chi connectivity index (χ0) is 45.4. The molecule has 2 atom stereocenters. The van der Waals surface area contributed by atoms with Crippen LogP contribution in [-0.2, 0) is 16.4 Å². The average molecular weight is 919 g/mol. The highest BCUT2D eigenvalue weighted by atomic mass is 32.2. The summed E-state index contributed by atoms with van der Waals surface area (Å²) in [6.07, 6.45) is 13.6. The Hall–Kier alpha value is -6.85. The molecule has 67 heavy (non-hydrogen) atoms. The van der Waals surface area contributed by atoms with Gasteiger partial charge in [0.05, 0.1) is 33.8 Å². The van der Waals surface area contributed by atoms with Gasteiger partial charge in [0.1, 0.15) is 12.1 Å². The van der Waals surface area contributed by atoms with Gasteiger partial charge in [-0.25, -0.2) is 14.7 Å². The summed E-state index contributed by atoms with van der Waals surface area (Å²) in [6.45, 7) is 2.96. The van der Waals surface area contributed by atoms with Crippen molar-refractivity contribution in [2.75, 3.05) is 36.5 Å². The number of nitrogens with zero attached hydrogens (tertiary/aromatic N) is 7. The molecule has 3 aliphatic heterocycles. The quantitative estimate of drug-likeness (QED) is 0.0833. The summed E-state index contributed by atoms with van der Waals surface area (Å²) in [5, 5.41) is 18.8. The number of aromatic nitrogens is 5. The highest BCUT2D eigenvalue weighted by Gasteiger charge is 2.50. The standard InChI is InChI=1S/C50H50N10O6S/c61-48(56-67(64,65)45-26-44(60(62)63)46-49(55-45)66-30-34(53-46)23-31-7-2-1-3-8-31)39-15-14-35(25-42(39)59-43-24-33-16-19-51-47(33)54-40(43)29-52-59)57-21-17-50(18-22-57)27-36(28-50)58-20-6-11-41(58)38-10-5-4-9-37(38)32-12-13-32/h1-5,7-10,14-16,19,24-26,29,32,34,36,41,52-53H,6,11-13,17-18,20-23,27-28,30H2,(H,56,61)/t34?,41-/m0/s1. The Balaban J connectivity index is 0.797. The second-order valence-corrected chi connectivity index (χ2v) is 20.7. The summed E-state index contributed by atoms with van der Waals surface area (Å²) >= 11 is 0. The van der Waals surface area contributed by atoms with Crippen molar-refractivity contribution in [1.82, 2.24) is 34.4 Å². The molecule has 4 fully saturated rings. The molecule has 4 aromatic heterocycles. The van der Waals surface area contributed by atoms with Crippen LogP contribution >= 0.6 is 0 Å². The molecule has 2 aliphatic carbocycles. The van der Waals surface area contributed by atoms with Crippen LogP contribution in [0.2, 0.25) is 0 Å². The lowest BCUT2D eigenvalue weighted by Gasteiger charge is -2.56. The van der Waals surface area contributed by atoms with Gasteiger partial charge in [-0.3, -0.25) is 29.6 Å². The van der Waals surface area contributed by atoms with E-state index in [0.717, 1.165) is 54.6 Å². The van der Waals surface area contributed by atoms with Crippen LogP contribution in [0.5, 0.6) is 5.88 Å². The molecule has 12 rings (SSSR count). The van der Waals surface area contributed by atoms with Gasteiger partial charge in [-0.2, -0.15) is 13.4 Å². The van der Waals surface area contributed by atoms with Crippen molar-refractivity contribution in [3.63, 3.8) is 0 Å². The molecule has 0 radical (unpaired) electrons. The molecule has 16 nitrogen and oxygen atoms in total. The topological polar surface area (TPSA) is 194 Å². The molecule has 2 saturated carbocycles. The van der Waals surface area contributed by atoms with Crippen molar-refractivity contribution in [3.8, 4) is 11.6 Å². The number of hydrogen-bond acceptors (Lipinski definition) is 12. The first-order valence-corrected chi connectivity index (χ1v) is 24.8. The van der Waals surface area contributed by atoms with Gasteiger partial charge in [0.2, 0.25) is 5.88 Å². The number of hydrogen-bond donors (Lipinski definition) is 3. The van der Waals surface area contributed by atoms with Gasteiger partial charge in [-0.15, -0.1) is 0 Å². The number of pyridine rings is 2. The van der Waals surface area contributed by atoms with Crippen molar-refractivity contribution in [2.24, 2.45) is 5.41 Å². The SMILES string of the molecule is O=C(NS(=O)(=O)c1cc([N+](=O)[O-])c2c(n1)OCC(Cc1ccccc1)N2)c1ccc(N2CCC3(CC2)CC(N2CCC[C@H]2c2ccccc2C2CC2)C3)cc1-n1[nH]cc2nc3nccc3cc21. The predicted octanol–water partition coefficient (Wildman–Crippen LogP) is 8.20. The van der Waals surface area contributed by atoms with Crippen LogP contribution in [0.3, 0.4) is 0 Å². The number of likely N-dealkylation sites (tertiary alicyclic amines) is 1. The van der Waals surface area contributed by atoms with Gasteiger partial charge in [-0.05, 0) is 123 Å². The van der Waals surface area contributed by atoms with Crippen molar-refractivity contribution in [2.45, 2.75) is 86.9 Å². The molecule has 1 unspecified atom stereocenters. The Morgan fingerprint density at radius 1 is 0.925 bits per heavy atom. The van der Waals surface area contributed by atoms with Gasteiger partial charge < -0.3 is 15.0 Å². The fraction of sp³-hybridized carbons (Fsp3) is 0.360. The minimum absolute atomic E-state index is 0.0237. The van der Waals surface area contributed by atoms with E-state index in [1.165, 1.54) is 45.1 Å². The molecule has 0 bridgehead atoms. The van der Waals surface area contributed by atoms with Crippen LogP contribution < -0.4 is 19.7 Å². The van der Waals surface area contributed by atoms with E-state index in [-0.39, 0.29) is 29.8 Å². The summed E-state index contributed by atoms with van der Waals surface area (Å²) in [5.41, 5.74) is 7.08. The molecule has 17 heteroatoms. The second kappa shape index (κ2) is 16.2. The number of H-pyrrole nitrogens is 1. The number of rotatable bonds is 11.